The number of nitrogens with zero attached hydrogens (tertiary/aromatic N) is 3. The molecule has 20 heavy (non-hydrogen) atoms. The second-order valence-electron chi connectivity index (χ2n) is 6.28. The number of imidazole rings is 1. The highest BCUT2D eigenvalue weighted by Gasteiger charge is 2.37. The summed E-state index contributed by atoms with van der Waals surface area (Å²) in [6, 6.07) is 0.629. The van der Waals surface area contributed by atoms with E-state index in [2.05, 4.69) is 4.98 Å². The molecule has 2 aliphatic rings. The lowest BCUT2D eigenvalue weighted by Crippen LogP contribution is -2.41. The molecule has 0 saturated heterocycles. The van der Waals surface area contributed by atoms with Crippen LogP contribution in [-0.4, -0.2) is 32.4 Å². The Kier molecular flexibility index (Phi) is 3.78. The average Bonchev–Trinajstić information content (AvgIpc) is 3.19. The van der Waals surface area contributed by atoms with Gasteiger partial charge in [-0.15, -0.1) is 0 Å². The molecule has 0 spiro atoms. The third kappa shape index (κ3) is 2.87. The summed E-state index contributed by atoms with van der Waals surface area (Å²) < 4.78 is 2.00. The predicted octanol–water partition coefficient (Wildman–Crippen LogP) is 1.43. The fourth-order valence-corrected chi connectivity index (χ4v) is 3.16. The molecule has 2 N–H and O–H groups in total. The number of hydrogen-bond donors (Lipinski definition) is 1. The van der Waals surface area contributed by atoms with Gasteiger partial charge in [-0.2, -0.15) is 0 Å². The summed E-state index contributed by atoms with van der Waals surface area (Å²) in [4.78, 5) is 19.2. The van der Waals surface area contributed by atoms with Gasteiger partial charge in [0.2, 0.25) is 5.91 Å². The number of aryl methyl sites for hydroxylation is 1. The van der Waals surface area contributed by atoms with E-state index in [-0.39, 0.29) is 12.0 Å². The molecule has 5 heteroatoms. The van der Waals surface area contributed by atoms with Crippen LogP contribution < -0.4 is 5.73 Å². The van der Waals surface area contributed by atoms with Crippen molar-refractivity contribution in [1.82, 2.24) is 14.5 Å². The molecule has 1 aromatic heterocycles. The van der Waals surface area contributed by atoms with Crippen molar-refractivity contribution in [1.29, 1.82) is 0 Å². The van der Waals surface area contributed by atoms with Gasteiger partial charge in [0.1, 0.15) is 5.82 Å². The number of carbonyl (C=O) groups is 1. The molecule has 1 amide bonds. The van der Waals surface area contributed by atoms with Crippen LogP contribution >= 0.6 is 0 Å². The maximum Gasteiger partial charge on any atom is 0.226 e. The van der Waals surface area contributed by atoms with E-state index >= 15 is 0 Å². The van der Waals surface area contributed by atoms with E-state index < -0.39 is 0 Å². The summed E-state index contributed by atoms with van der Waals surface area (Å²) in [6.45, 7) is 0.638. The van der Waals surface area contributed by atoms with Crippen molar-refractivity contribution in [3.63, 3.8) is 0 Å². The molecule has 0 bridgehead atoms. The van der Waals surface area contributed by atoms with Crippen molar-refractivity contribution in [3.05, 3.63) is 18.2 Å². The molecule has 2 unspecified atom stereocenters. The van der Waals surface area contributed by atoms with Crippen LogP contribution in [0.25, 0.3) is 0 Å². The van der Waals surface area contributed by atoms with Crippen molar-refractivity contribution in [2.45, 2.75) is 57.2 Å². The van der Waals surface area contributed by atoms with E-state index in [4.69, 9.17) is 5.73 Å². The van der Waals surface area contributed by atoms with Crippen LogP contribution in [0.2, 0.25) is 0 Å². The van der Waals surface area contributed by atoms with E-state index in [0.29, 0.717) is 18.5 Å². The number of hydrogen-bond acceptors (Lipinski definition) is 3. The van der Waals surface area contributed by atoms with E-state index in [9.17, 15) is 4.79 Å². The minimum atomic E-state index is 0.125. The molecule has 2 saturated carbocycles. The Bertz CT molecular complexity index is 480. The molecule has 3 rings (SSSR count). The minimum Gasteiger partial charge on any atom is -0.337 e. The minimum absolute atomic E-state index is 0.125. The molecular formula is C15H24N4O. The molecule has 1 heterocycles. The van der Waals surface area contributed by atoms with Crippen LogP contribution in [0.1, 0.15) is 44.3 Å². The number of nitrogens with two attached hydrogens (primary N) is 1. The lowest BCUT2D eigenvalue weighted by atomic mass is 9.85. The Labute approximate surface area is 120 Å². The summed E-state index contributed by atoms with van der Waals surface area (Å²) in [6.07, 6.45) is 9.98. The predicted molar refractivity (Wildman–Crippen MR) is 76.7 cm³/mol. The molecule has 0 radical (unpaired) electrons. The first-order chi connectivity index (χ1) is 9.65. The SMILES string of the molecule is Cn1ccnc1CN(C(=O)C1CCCC(N)C1)C1CC1. The second-order valence-corrected chi connectivity index (χ2v) is 6.28. The molecule has 1 aromatic rings. The lowest BCUT2D eigenvalue weighted by Gasteiger charge is -2.31. The normalized spacial score (nSPS) is 26.5. The molecule has 2 fully saturated rings. The van der Waals surface area contributed by atoms with Gasteiger partial charge in [-0.25, -0.2) is 4.98 Å². The van der Waals surface area contributed by atoms with Crippen LogP contribution in [0.3, 0.4) is 0 Å². The monoisotopic (exact) mass is 276 g/mol. The zero-order valence-electron chi connectivity index (χ0n) is 12.2. The van der Waals surface area contributed by atoms with Gasteiger partial charge in [-0.3, -0.25) is 4.79 Å². The van der Waals surface area contributed by atoms with Crippen molar-refractivity contribution in [2.24, 2.45) is 18.7 Å². The van der Waals surface area contributed by atoms with E-state index in [1.54, 1.807) is 6.20 Å². The van der Waals surface area contributed by atoms with E-state index in [1.807, 2.05) is 22.7 Å². The fraction of sp³-hybridized carbons (Fsp3) is 0.733. The molecule has 110 valence electrons. The topological polar surface area (TPSA) is 64.2 Å². The van der Waals surface area contributed by atoms with Crippen molar-refractivity contribution < 1.29 is 4.79 Å². The molecule has 0 aliphatic heterocycles. The average molecular weight is 276 g/mol. The number of aromatic nitrogens is 2. The maximum absolute atomic E-state index is 12.8. The second kappa shape index (κ2) is 5.56. The van der Waals surface area contributed by atoms with Gasteiger partial charge in [-0.1, -0.05) is 6.42 Å². The maximum atomic E-state index is 12.8. The van der Waals surface area contributed by atoms with Gasteiger partial charge in [0, 0.05) is 37.4 Å². The van der Waals surface area contributed by atoms with E-state index in [0.717, 1.165) is 44.3 Å². The Morgan fingerprint density at radius 3 is 2.85 bits per heavy atom. The molecule has 0 aromatic carbocycles. The fourth-order valence-electron chi connectivity index (χ4n) is 3.16. The number of rotatable bonds is 4. The van der Waals surface area contributed by atoms with Crippen LogP contribution in [0, 0.1) is 5.92 Å². The molecule has 5 nitrogen and oxygen atoms in total. The third-order valence-corrected chi connectivity index (χ3v) is 4.57. The highest BCUT2D eigenvalue weighted by Crippen LogP contribution is 2.32. The zero-order valence-corrected chi connectivity index (χ0v) is 12.2. The standard InChI is InChI=1S/C15H24N4O/c1-18-8-7-17-14(18)10-19(13-5-6-13)15(20)11-3-2-4-12(16)9-11/h7-8,11-13H,2-6,9-10,16H2,1H3. The Morgan fingerprint density at radius 1 is 1.45 bits per heavy atom. The zero-order chi connectivity index (χ0) is 14.1. The molecule has 2 atom stereocenters. The number of amides is 1. The first kappa shape index (κ1) is 13.6. The van der Waals surface area contributed by atoms with Crippen molar-refractivity contribution in [3.8, 4) is 0 Å². The molecular weight excluding hydrogens is 252 g/mol. The Hall–Kier alpha value is -1.36. The van der Waals surface area contributed by atoms with Gasteiger partial charge in [0.15, 0.2) is 0 Å². The van der Waals surface area contributed by atoms with Crippen molar-refractivity contribution in [2.75, 3.05) is 0 Å². The first-order valence-electron chi connectivity index (χ1n) is 7.67. The van der Waals surface area contributed by atoms with Crippen LogP contribution in [0.4, 0.5) is 0 Å². The van der Waals surface area contributed by atoms with E-state index in [1.165, 1.54) is 0 Å². The summed E-state index contributed by atoms with van der Waals surface area (Å²) >= 11 is 0. The Morgan fingerprint density at radius 2 is 2.25 bits per heavy atom. The largest absolute Gasteiger partial charge is 0.337 e. The summed E-state index contributed by atoms with van der Waals surface area (Å²) in [5, 5.41) is 0. The van der Waals surface area contributed by atoms with Gasteiger partial charge >= 0.3 is 0 Å². The van der Waals surface area contributed by atoms with Crippen LogP contribution in [0.15, 0.2) is 12.4 Å². The molecule has 2 aliphatic carbocycles. The summed E-state index contributed by atoms with van der Waals surface area (Å²) in [5.41, 5.74) is 6.03. The van der Waals surface area contributed by atoms with Crippen LogP contribution in [-0.2, 0) is 18.4 Å². The highest BCUT2D eigenvalue weighted by atomic mass is 16.2. The summed E-state index contributed by atoms with van der Waals surface area (Å²) in [5.74, 6) is 1.38. The van der Waals surface area contributed by atoms with Gasteiger partial charge in [-0.05, 0) is 32.1 Å². The van der Waals surface area contributed by atoms with Gasteiger partial charge < -0.3 is 15.2 Å². The van der Waals surface area contributed by atoms with Gasteiger partial charge in [0.05, 0.1) is 6.54 Å². The highest BCUT2D eigenvalue weighted by molar-refractivity contribution is 5.79. The third-order valence-electron chi connectivity index (χ3n) is 4.57. The van der Waals surface area contributed by atoms with Gasteiger partial charge in [0.25, 0.3) is 0 Å². The first-order valence-corrected chi connectivity index (χ1v) is 7.67. The Balaban J connectivity index is 1.70. The lowest BCUT2D eigenvalue weighted by molar-refractivity contribution is -0.138. The number of carbonyl (C=O) groups excluding carboxylic acids is 1. The summed E-state index contributed by atoms with van der Waals surface area (Å²) in [7, 11) is 1.98. The quantitative estimate of drug-likeness (QED) is 0.904. The van der Waals surface area contributed by atoms with Crippen LogP contribution in [0.5, 0.6) is 0 Å². The van der Waals surface area contributed by atoms with Crippen molar-refractivity contribution >= 4 is 5.91 Å². The smallest absolute Gasteiger partial charge is 0.226 e.